The molecule has 2 heterocycles. The van der Waals surface area contributed by atoms with Crippen molar-refractivity contribution in [1.82, 2.24) is 14.7 Å². The molecule has 1 saturated carbocycles. The number of carbonyl (C=O) groups is 3. The largest absolute Gasteiger partial charge is 0.480 e. The molecule has 180 valence electrons. The summed E-state index contributed by atoms with van der Waals surface area (Å²) >= 11 is 5.96. The number of halogens is 1. The number of β-amino-alcohol motifs (C(OH)–C–C–N with tert-alkyl or cyclic N) is 1. The maximum atomic E-state index is 12.8. The van der Waals surface area contributed by atoms with Gasteiger partial charge in [0.15, 0.2) is 0 Å². The van der Waals surface area contributed by atoms with Crippen molar-refractivity contribution < 1.29 is 24.6 Å². The van der Waals surface area contributed by atoms with Gasteiger partial charge in [0.05, 0.1) is 6.10 Å². The second kappa shape index (κ2) is 9.87. The van der Waals surface area contributed by atoms with Crippen molar-refractivity contribution >= 4 is 35.2 Å². The zero-order valence-corrected chi connectivity index (χ0v) is 19.3. The van der Waals surface area contributed by atoms with Crippen molar-refractivity contribution in [3.63, 3.8) is 0 Å². The Hall–Kier alpha value is -2.36. The molecule has 1 aromatic carbocycles. The van der Waals surface area contributed by atoms with Crippen molar-refractivity contribution in [1.29, 1.82) is 0 Å². The fourth-order valence-electron chi connectivity index (χ4n) is 4.88. The molecule has 4 rings (SSSR count). The number of rotatable bonds is 6. The Balaban J connectivity index is 1.33. The molecule has 3 N–H and O–H groups in total. The van der Waals surface area contributed by atoms with Gasteiger partial charge in [-0.2, -0.15) is 0 Å². The molecule has 2 saturated heterocycles. The number of aliphatic hydroxyl groups excluding tert-OH is 1. The number of nitrogens with one attached hydrogen (secondary N) is 1. The summed E-state index contributed by atoms with van der Waals surface area (Å²) in [4.78, 5) is 42.5. The van der Waals surface area contributed by atoms with E-state index in [0.717, 1.165) is 25.8 Å². The number of likely N-dealkylation sites (tertiary alicyclic amines) is 1. The van der Waals surface area contributed by atoms with Gasteiger partial charge in [0.1, 0.15) is 6.04 Å². The summed E-state index contributed by atoms with van der Waals surface area (Å²) in [5.41, 5.74) is 0.651. The lowest BCUT2D eigenvalue weighted by molar-refractivity contribution is -0.150. The molecular weight excluding hydrogens is 448 g/mol. The molecule has 33 heavy (non-hydrogen) atoms. The number of urea groups is 1. The number of carboxylic acid groups (broad SMARTS) is 1. The van der Waals surface area contributed by atoms with E-state index < -0.39 is 12.0 Å². The topological polar surface area (TPSA) is 113 Å². The van der Waals surface area contributed by atoms with Gasteiger partial charge in [-0.3, -0.25) is 4.79 Å². The van der Waals surface area contributed by atoms with Crippen molar-refractivity contribution in [3.05, 3.63) is 29.3 Å². The zero-order chi connectivity index (χ0) is 23.6. The normalized spacial score (nSPS) is 23.8. The molecule has 2 unspecified atom stereocenters. The number of hydrogen-bond donors (Lipinski definition) is 3. The van der Waals surface area contributed by atoms with E-state index in [-0.39, 0.29) is 55.9 Å². The standard InChI is InChI=1S/C23H31ClN4O5/c24-16-2-1-3-17(14-16)25-22(33)27-10-5-20(30)28(13-12-27)18(21(31)32)4-9-26-11-8-23(6-7-23)19(29)15-26/h1-3,14,18-19,29H,4-13,15H2,(H,25,33)(H,31,32). The molecule has 0 radical (unpaired) electrons. The van der Waals surface area contributed by atoms with Crippen LogP contribution < -0.4 is 5.32 Å². The Labute approximate surface area is 198 Å². The summed E-state index contributed by atoms with van der Waals surface area (Å²) in [5, 5.41) is 23.5. The highest BCUT2D eigenvalue weighted by molar-refractivity contribution is 6.30. The quantitative estimate of drug-likeness (QED) is 0.577. The molecular formula is C23H31ClN4O5. The van der Waals surface area contributed by atoms with Gasteiger partial charge in [-0.15, -0.1) is 0 Å². The lowest BCUT2D eigenvalue weighted by Crippen LogP contribution is -2.50. The average molecular weight is 479 g/mol. The number of nitrogens with zero attached hydrogens (tertiary/aromatic N) is 3. The van der Waals surface area contributed by atoms with E-state index in [1.54, 1.807) is 24.3 Å². The van der Waals surface area contributed by atoms with E-state index in [4.69, 9.17) is 11.6 Å². The second-order valence-corrected chi connectivity index (χ2v) is 9.77. The van der Waals surface area contributed by atoms with Crippen molar-refractivity contribution in [2.75, 3.05) is 44.6 Å². The first-order chi connectivity index (χ1) is 15.8. The maximum absolute atomic E-state index is 12.8. The lowest BCUT2D eigenvalue weighted by Gasteiger charge is -2.37. The minimum atomic E-state index is -1.04. The first-order valence-corrected chi connectivity index (χ1v) is 11.9. The second-order valence-electron chi connectivity index (χ2n) is 9.34. The van der Waals surface area contributed by atoms with Crippen LogP contribution in [-0.2, 0) is 9.59 Å². The number of anilines is 1. The number of carboxylic acids is 1. The molecule has 1 spiro atoms. The van der Waals surface area contributed by atoms with Gasteiger partial charge in [0.2, 0.25) is 5.91 Å². The zero-order valence-electron chi connectivity index (χ0n) is 18.6. The number of amides is 3. The molecule has 0 aromatic heterocycles. The van der Waals surface area contributed by atoms with Gasteiger partial charge in [-0.05, 0) is 55.8 Å². The predicted molar refractivity (Wildman–Crippen MR) is 123 cm³/mol. The monoisotopic (exact) mass is 478 g/mol. The third kappa shape index (κ3) is 5.59. The molecule has 0 bridgehead atoms. The van der Waals surface area contributed by atoms with Gasteiger partial charge in [0, 0.05) is 49.9 Å². The number of hydrogen-bond acceptors (Lipinski definition) is 5. The van der Waals surface area contributed by atoms with Crippen LogP contribution >= 0.6 is 11.6 Å². The highest BCUT2D eigenvalue weighted by Gasteiger charge is 2.51. The van der Waals surface area contributed by atoms with Crippen molar-refractivity contribution in [3.8, 4) is 0 Å². The summed E-state index contributed by atoms with van der Waals surface area (Å²) in [7, 11) is 0. The Bertz CT molecular complexity index is 909. The van der Waals surface area contributed by atoms with E-state index in [1.165, 1.54) is 9.80 Å². The Morgan fingerprint density at radius 3 is 2.64 bits per heavy atom. The number of aliphatic carboxylic acids is 1. The van der Waals surface area contributed by atoms with Crippen LogP contribution in [0.1, 0.15) is 32.1 Å². The van der Waals surface area contributed by atoms with Gasteiger partial charge in [0.25, 0.3) is 0 Å². The minimum Gasteiger partial charge on any atom is -0.480 e. The summed E-state index contributed by atoms with van der Waals surface area (Å²) in [6, 6.07) is 5.49. The Morgan fingerprint density at radius 1 is 1.18 bits per heavy atom. The molecule has 9 nitrogen and oxygen atoms in total. The van der Waals surface area contributed by atoms with Crippen LogP contribution in [0.25, 0.3) is 0 Å². The molecule has 1 aliphatic carbocycles. The summed E-state index contributed by atoms with van der Waals surface area (Å²) in [6.45, 7) is 2.52. The van der Waals surface area contributed by atoms with E-state index in [9.17, 15) is 24.6 Å². The number of carbonyl (C=O) groups excluding carboxylic acids is 2. The molecule has 3 amide bonds. The van der Waals surface area contributed by atoms with E-state index in [0.29, 0.717) is 23.8 Å². The molecule has 2 atom stereocenters. The fourth-order valence-corrected chi connectivity index (χ4v) is 5.07. The van der Waals surface area contributed by atoms with E-state index in [1.807, 2.05) is 0 Å². The smallest absolute Gasteiger partial charge is 0.326 e. The Morgan fingerprint density at radius 2 is 1.97 bits per heavy atom. The van der Waals surface area contributed by atoms with Gasteiger partial charge in [-0.1, -0.05) is 17.7 Å². The van der Waals surface area contributed by atoms with Crippen molar-refractivity contribution in [2.45, 2.75) is 44.2 Å². The average Bonchev–Trinajstić information content (AvgIpc) is 3.57. The lowest BCUT2D eigenvalue weighted by atomic mass is 9.90. The van der Waals surface area contributed by atoms with Gasteiger partial charge < -0.3 is 30.2 Å². The van der Waals surface area contributed by atoms with Crippen LogP contribution in [0.4, 0.5) is 10.5 Å². The van der Waals surface area contributed by atoms with E-state index in [2.05, 4.69) is 10.2 Å². The number of aliphatic hydroxyl groups is 1. The highest BCUT2D eigenvalue weighted by atomic mass is 35.5. The molecule has 3 fully saturated rings. The maximum Gasteiger partial charge on any atom is 0.326 e. The van der Waals surface area contributed by atoms with Gasteiger partial charge in [-0.25, -0.2) is 9.59 Å². The Kier molecular flexibility index (Phi) is 7.11. The van der Waals surface area contributed by atoms with Crippen molar-refractivity contribution in [2.24, 2.45) is 5.41 Å². The predicted octanol–water partition coefficient (Wildman–Crippen LogP) is 2.10. The van der Waals surface area contributed by atoms with Crippen LogP contribution in [0.15, 0.2) is 24.3 Å². The van der Waals surface area contributed by atoms with Crippen LogP contribution in [0.2, 0.25) is 5.02 Å². The van der Waals surface area contributed by atoms with E-state index >= 15 is 0 Å². The molecule has 3 aliphatic rings. The fraction of sp³-hybridized carbons (Fsp3) is 0.609. The molecule has 2 aliphatic heterocycles. The minimum absolute atomic E-state index is 0.0672. The van der Waals surface area contributed by atoms with Gasteiger partial charge >= 0.3 is 12.0 Å². The third-order valence-electron chi connectivity index (χ3n) is 7.23. The molecule has 1 aromatic rings. The van der Waals surface area contributed by atoms with Crippen LogP contribution in [0.5, 0.6) is 0 Å². The van der Waals surface area contributed by atoms with Crippen LogP contribution in [-0.4, -0.2) is 94.2 Å². The highest BCUT2D eigenvalue weighted by Crippen LogP contribution is 2.53. The molecule has 10 heteroatoms. The first kappa shape index (κ1) is 23.8. The SMILES string of the molecule is O=C(O)C(CCN1CCC2(CC2)C(O)C1)N1CCN(C(=O)Nc2cccc(Cl)c2)CCC1=O. The van der Waals surface area contributed by atoms with Crippen LogP contribution in [0.3, 0.4) is 0 Å². The number of piperidine rings is 1. The third-order valence-corrected chi connectivity index (χ3v) is 7.46. The first-order valence-electron chi connectivity index (χ1n) is 11.5. The van der Waals surface area contributed by atoms with Crippen LogP contribution in [0, 0.1) is 5.41 Å². The number of benzene rings is 1. The summed E-state index contributed by atoms with van der Waals surface area (Å²) < 4.78 is 0. The summed E-state index contributed by atoms with van der Waals surface area (Å²) in [5.74, 6) is -1.31. The summed E-state index contributed by atoms with van der Waals surface area (Å²) in [6.07, 6.45) is 3.08.